The van der Waals surface area contributed by atoms with Gasteiger partial charge in [0, 0.05) is 25.1 Å². The minimum atomic E-state index is -1.61. The van der Waals surface area contributed by atoms with E-state index < -0.39 is 97.3 Å². The van der Waals surface area contributed by atoms with Crippen LogP contribution in [0.1, 0.15) is 42.5 Å². The van der Waals surface area contributed by atoms with E-state index in [4.69, 9.17) is 16.2 Å². The number of aromatic hydroxyl groups is 1. The van der Waals surface area contributed by atoms with Gasteiger partial charge in [0.15, 0.2) is 5.96 Å². The minimum Gasteiger partial charge on any atom is -0.508 e. The number of nitrogens with zero attached hydrogens (tertiary/aromatic N) is 2. The van der Waals surface area contributed by atoms with Crippen LogP contribution in [0.3, 0.4) is 0 Å². The van der Waals surface area contributed by atoms with Crippen molar-refractivity contribution in [1.82, 2.24) is 36.8 Å². The predicted octanol–water partition coefficient (Wildman–Crippen LogP) is -1.69. The van der Waals surface area contributed by atoms with Crippen molar-refractivity contribution in [2.75, 3.05) is 39.1 Å². The Kier molecular flexibility index (Phi) is 19.2. The van der Waals surface area contributed by atoms with E-state index in [1.807, 2.05) is 0 Å². The second-order valence-electron chi connectivity index (χ2n) is 14.9. The van der Waals surface area contributed by atoms with Crippen LogP contribution in [0.4, 0.5) is 0 Å². The van der Waals surface area contributed by atoms with Crippen LogP contribution in [0, 0.1) is 0 Å². The molecule has 0 saturated carbocycles. The summed E-state index contributed by atoms with van der Waals surface area (Å²) in [5, 5.41) is 35.4. The maximum atomic E-state index is 14.3. The first-order chi connectivity index (χ1) is 30.6. The fourth-order valence-corrected chi connectivity index (χ4v) is 7.21. The molecule has 2 unspecified atom stereocenters. The van der Waals surface area contributed by atoms with Crippen molar-refractivity contribution in [3.63, 3.8) is 0 Å². The van der Waals surface area contributed by atoms with E-state index >= 15 is 0 Å². The molecule has 0 bridgehead atoms. The Labute approximate surface area is 375 Å². The van der Waals surface area contributed by atoms with Gasteiger partial charge < -0.3 is 63.2 Å². The van der Waals surface area contributed by atoms with Crippen molar-refractivity contribution < 1.29 is 48.5 Å². The third kappa shape index (κ3) is 14.9. The highest BCUT2D eigenvalue weighted by Gasteiger charge is 2.35. The van der Waals surface area contributed by atoms with Gasteiger partial charge in [-0.25, -0.2) is 0 Å². The highest BCUT2D eigenvalue weighted by Crippen LogP contribution is 2.27. The number of hydrogen-bond acceptors (Lipinski definition) is 12. The zero-order chi connectivity index (χ0) is 46.8. The number of phenolic OH excluding ortho intramolecular Hbond substituents is 1. The lowest BCUT2D eigenvalue weighted by Gasteiger charge is -2.36. The molecule has 64 heavy (non-hydrogen) atoms. The van der Waals surface area contributed by atoms with Crippen LogP contribution < -0.4 is 48.1 Å². The van der Waals surface area contributed by atoms with Crippen molar-refractivity contribution in [2.24, 2.45) is 16.5 Å². The number of aliphatic hydroxyl groups is 1. The molecule has 1 aliphatic heterocycles. The second-order valence-corrected chi connectivity index (χ2v) is 15.2. The third-order valence-electron chi connectivity index (χ3n) is 10.3. The molecule has 0 spiro atoms. The normalized spacial score (nSPS) is 21.4. The first kappa shape index (κ1) is 49.8. The standard InChI is InChI=1S/C43H56N10O10S/c1-25-38(58)47-21-36(56)49-34(23-54)42(62)52-33(20-27-10-14-29(55)15-11-27)41(61)50-31(9-6-18-46-43(44)45)40(60)51-32(19-26-7-4-3-5-8-26)39(59)48-22-37(57)53(25)35(24-64)28-12-16-30(63-2)17-13-28/h3-5,7-8,10-17,25,31-35,54-55,64H,6,9,18-24H2,1-2H3,(H,47,58)(H,48,59)(H,49,56)(H,50,61)(H,51,60)(H,52,62)(H4,44,45,46)/t25?,31-,32-,33-,34-,35?/m0/s1. The average molecular weight is 905 g/mol. The van der Waals surface area contributed by atoms with Crippen molar-refractivity contribution in [3.05, 3.63) is 95.6 Å². The number of hydrogen-bond donors (Lipinski definition) is 11. The van der Waals surface area contributed by atoms with Crippen LogP contribution in [-0.2, 0) is 46.4 Å². The number of phenols is 1. The molecule has 21 heteroatoms. The van der Waals surface area contributed by atoms with Gasteiger partial charge in [-0.05, 0) is 60.7 Å². The van der Waals surface area contributed by atoms with Gasteiger partial charge in [-0.15, -0.1) is 0 Å². The molecule has 3 aromatic carbocycles. The summed E-state index contributed by atoms with van der Waals surface area (Å²) in [5.41, 5.74) is 12.7. The molecule has 0 aliphatic carbocycles. The summed E-state index contributed by atoms with van der Waals surface area (Å²) >= 11 is 4.51. The number of ether oxygens (including phenoxy) is 1. The quantitative estimate of drug-likeness (QED) is 0.0396. The molecule has 1 heterocycles. The summed E-state index contributed by atoms with van der Waals surface area (Å²) in [6.07, 6.45) is -0.0904. The van der Waals surface area contributed by atoms with Crippen LogP contribution in [0.15, 0.2) is 83.9 Å². The summed E-state index contributed by atoms with van der Waals surface area (Å²) in [4.78, 5) is 102. The van der Waals surface area contributed by atoms with Crippen LogP contribution >= 0.6 is 12.6 Å². The summed E-state index contributed by atoms with van der Waals surface area (Å²) < 4.78 is 5.28. The lowest BCUT2D eigenvalue weighted by atomic mass is 10.0. The zero-order valence-electron chi connectivity index (χ0n) is 35.5. The molecular weight excluding hydrogens is 849 g/mol. The minimum absolute atomic E-state index is 0.0220. The first-order valence-corrected chi connectivity index (χ1v) is 21.1. The third-order valence-corrected chi connectivity index (χ3v) is 10.6. The highest BCUT2D eigenvalue weighted by atomic mass is 32.1. The van der Waals surface area contributed by atoms with Gasteiger partial charge in [0.2, 0.25) is 41.4 Å². The number of nitrogens with two attached hydrogens (primary N) is 2. The molecular formula is C43H56N10O10S. The van der Waals surface area contributed by atoms with Crippen LogP contribution in [-0.4, -0.2) is 132 Å². The van der Waals surface area contributed by atoms with Gasteiger partial charge in [-0.2, -0.15) is 12.6 Å². The summed E-state index contributed by atoms with van der Waals surface area (Å²) in [7, 11) is 1.49. The number of amides is 7. The maximum absolute atomic E-state index is 14.3. The molecule has 12 N–H and O–H groups in total. The van der Waals surface area contributed by atoms with Crippen molar-refractivity contribution >= 4 is 59.9 Å². The molecule has 0 radical (unpaired) electrons. The van der Waals surface area contributed by atoms with Gasteiger partial charge in [0.25, 0.3) is 0 Å². The number of nitrogens with one attached hydrogen (secondary N) is 6. The molecule has 0 aromatic heterocycles. The Balaban J connectivity index is 1.77. The largest absolute Gasteiger partial charge is 0.508 e. The Morgan fingerprint density at radius 1 is 0.750 bits per heavy atom. The molecule has 20 nitrogen and oxygen atoms in total. The average Bonchev–Trinajstić information content (AvgIpc) is 3.29. The molecule has 7 amide bonds. The summed E-state index contributed by atoms with van der Waals surface area (Å²) in [6.45, 7) is -0.741. The maximum Gasteiger partial charge on any atom is 0.245 e. The molecule has 6 atom stereocenters. The Morgan fingerprint density at radius 2 is 1.31 bits per heavy atom. The second kappa shape index (κ2) is 24.7. The van der Waals surface area contributed by atoms with Gasteiger partial charge in [-0.3, -0.25) is 38.6 Å². The predicted molar refractivity (Wildman–Crippen MR) is 239 cm³/mol. The van der Waals surface area contributed by atoms with E-state index in [9.17, 15) is 43.8 Å². The zero-order valence-corrected chi connectivity index (χ0v) is 36.4. The monoisotopic (exact) mass is 904 g/mol. The fourth-order valence-electron chi connectivity index (χ4n) is 6.82. The topological polar surface area (TPSA) is 309 Å². The van der Waals surface area contributed by atoms with Gasteiger partial charge in [-0.1, -0.05) is 54.6 Å². The molecule has 1 saturated heterocycles. The number of guanidine groups is 1. The van der Waals surface area contributed by atoms with E-state index in [1.165, 1.54) is 43.2 Å². The van der Waals surface area contributed by atoms with Crippen LogP contribution in [0.2, 0.25) is 0 Å². The van der Waals surface area contributed by atoms with Crippen molar-refractivity contribution in [1.29, 1.82) is 0 Å². The van der Waals surface area contributed by atoms with E-state index in [1.54, 1.807) is 54.6 Å². The smallest absolute Gasteiger partial charge is 0.245 e. The number of carbonyl (C=O) groups excluding carboxylic acids is 7. The van der Waals surface area contributed by atoms with Gasteiger partial charge in [0.05, 0.1) is 32.8 Å². The van der Waals surface area contributed by atoms with Crippen LogP contribution in [0.5, 0.6) is 11.5 Å². The number of carbonyl (C=O) groups is 7. The van der Waals surface area contributed by atoms with Crippen molar-refractivity contribution in [2.45, 2.75) is 68.9 Å². The summed E-state index contributed by atoms with van der Waals surface area (Å²) in [5.74, 6) is -5.51. The molecule has 344 valence electrons. The van der Waals surface area contributed by atoms with E-state index in [0.717, 1.165) is 0 Å². The first-order valence-electron chi connectivity index (χ1n) is 20.4. The molecule has 4 rings (SSSR count). The SMILES string of the molecule is COc1ccc(C(CS)N2C(=O)CNC(=O)[C@H](Cc3ccccc3)NC(=O)[C@H](CCCN=C(N)N)NC(=O)[C@H](Cc3ccc(O)cc3)NC(=O)[C@H](CO)NC(=O)CNC(=O)C2C)cc1. The van der Waals surface area contributed by atoms with Crippen molar-refractivity contribution in [3.8, 4) is 11.5 Å². The highest BCUT2D eigenvalue weighted by molar-refractivity contribution is 7.80. The van der Waals surface area contributed by atoms with Gasteiger partial charge in [0.1, 0.15) is 41.7 Å². The number of benzene rings is 3. The lowest BCUT2D eigenvalue weighted by molar-refractivity contribution is -0.143. The number of rotatable bonds is 13. The Hall–Kier alpha value is -6.87. The number of aliphatic imine (C=N–C) groups is 1. The van der Waals surface area contributed by atoms with E-state index in [-0.39, 0.29) is 49.7 Å². The summed E-state index contributed by atoms with van der Waals surface area (Å²) in [6, 6.07) is 13.4. The molecule has 1 aliphatic rings. The number of aliphatic hydroxyl groups excluding tert-OH is 1. The fraction of sp³-hybridized carbons (Fsp3) is 0.395. The number of thiol groups is 1. The lowest BCUT2D eigenvalue weighted by Crippen LogP contribution is -2.59. The molecule has 1 fully saturated rings. The van der Waals surface area contributed by atoms with Gasteiger partial charge >= 0.3 is 0 Å². The Morgan fingerprint density at radius 3 is 1.91 bits per heavy atom. The number of methoxy groups -OCH3 is 1. The van der Waals surface area contributed by atoms with Crippen LogP contribution in [0.25, 0.3) is 0 Å². The molecule has 3 aromatic rings. The van der Waals surface area contributed by atoms with E-state index in [0.29, 0.717) is 22.4 Å². The Bertz CT molecular complexity index is 2110. The van der Waals surface area contributed by atoms with E-state index in [2.05, 4.69) is 49.5 Å².